The molecule has 0 radical (unpaired) electrons. The Bertz CT molecular complexity index is 213. The molecule has 1 heterocycles. The van der Waals surface area contributed by atoms with E-state index < -0.39 is 0 Å². The van der Waals surface area contributed by atoms with Crippen molar-refractivity contribution in [2.45, 2.75) is 39.0 Å². The van der Waals surface area contributed by atoms with Crippen LogP contribution in [0.2, 0.25) is 0 Å². The van der Waals surface area contributed by atoms with E-state index in [0.29, 0.717) is 5.41 Å². The summed E-state index contributed by atoms with van der Waals surface area (Å²) in [6.07, 6.45) is 6.65. The van der Waals surface area contributed by atoms with Crippen molar-refractivity contribution in [1.29, 1.82) is 0 Å². The van der Waals surface area contributed by atoms with Gasteiger partial charge in [0.2, 0.25) is 0 Å². The van der Waals surface area contributed by atoms with Gasteiger partial charge in [0.15, 0.2) is 0 Å². The fraction of sp³-hybridized carbons (Fsp3) is 0.909. The predicted molar refractivity (Wildman–Crippen MR) is 56.2 cm³/mol. The van der Waals surface area contributed by atoms with Gasteiger partial charge in [0.1, 0.15) is 0 Å². The van der Waals surface area contributed by atoms with Crippen LogP contribution in [0.1, 0.15) is 39.0 Å². The molecule has 0 aromatic heterocycles. The Kier molecular flexibility index (Phi) is 2.66. The number of piperidine rings is 1. The van der Waals surface area contributed by atoms with Crippen LogP contribution in [0.5, 0.6) is 0 Å². The molecule has 3 heteroatoms. The van der Waals surface area contributed by atoms with Crippen LogP contribution in [-0.4, -0.2) is 30.6 Å². The molecular formula is C11H20N2O. The van der Waals surface area contributed by atoms with Crippen molar-refractivity contribution in [2.24, 2.45) is 5.41 Å². The number of nitrogens with one attached hydrogen (secondary N) is 1. The molecule has 1 saturated carbocycles. The smallest absolute Gasteiger partial charge is 0.317 e. The molecule has 1 saturated heterocycles. The summed E-state index contributed by atoms with van der Waals surface area (Å²) in [5.41, 5.74) is 0.642. The topological polar surface area (TPSA) is 32.3 Å². The van der Waals surface area contributed by atoms with Gasteiger partial charge in [-0.1, -0.05) is 6.42 Å². The Labute approximate surface area is 85.8 Å². The van der Waals surface area contributed by atoms with E-state index in [9.17, 15) is 4.79 Å². The highest BCUT2D eigenvalue weighted by molar-refractivity contribution is 5.74. The zero-order valence-electron chi connectivity index (χ0n) is 9.01. The average molecular weight is 196 g/mol. The van der Waals surface area contributed by atoms with Crippen molar-refractivity contribution in [2.75, 3.05) is 19.6 Å². The minimum absolute atomic E-state index is 0.127. The summed E-state index contributed by atoms with van der Waals surface area (Å²) in [7, 11) is 0. The van der Waals surface area contributed by atoms with E-state index >= 15 is 0 Å². The molecule has 1 N–H and O–H groups in total. The highest BCUT2D eigenvalue weighted by atomic mass is 16.2. The molecule has 2 amide bonds. The van der Waals surface area contributed by atoms with Crippen LogP contribution in [0.25, 0.3) is 0 Å². The van der Waals surface area contributed by atoms with Gasteiger partial charge in [0, 0.05) is 19.6 Å². The number of amides is 2. The number of hydrogen-bond acceptors (Lipinski definition) is 1. The number of nitrogens with zero attached hydrogens (tertiary/aromatic N) is 1. The van der Waals surface area contributed by atoms with Gasteiger partial charge in [-0.05, 0) is 38.0 Å². The van der Waals surface area contributed by atoms with Gasteiger partial charge in [0.25, 0.3) is 0 Å². The minimum Gasteiger partial charge on any atom is -0.338 e. The molecule has 1 spiro atoms. The van der Waals surface area contributed by atoms with Crippen LogP contribution in [-0.2, 0) is 0 Å². The first kappa shape index (κ1) is 9.81. The number of hydrogen-bond donors (Lipinski definition) is 1. The molecule has 2 rings (SSSR count). The molecular weight excluding hydrogens is 176 g/mol. The van der Waals surface area contributed by atoms with Crippen LogP contribution >= 0.6 is 0 Å². The number of carbonyl (C=O) groups excluding carboxylic acids is 1. The van der Waals surface area contributed by atoms with Crippen molar-refractivity contribution in [3.8, 4) is 0 Å². The number of carbonyl (C=O) groups is 1. The highest BCUT2D eigenvalue weighted by Gasteiger charge is 2.40. The summed E-state index contributed by atoms with van der Waals surface area (Å²) in [6.45, 7) is 4.63. The van der Waals surface area contributed by atoms with E-state index in [2.05, 4.69) is 5.32 Å². The molecule has 0 bridgehead atoms. The third-order valence-electron chi connectivity index (χ3n) is 3.85. The third kappa shape index (κ3) is 1.72. The van der Waals surface area contributed by atoms with Crippen LogP contribution in [0.15, 0.2) is 0 Å². The van der Waals surface area contributed by atoms with E-state index in [-0.39, 0.29) is 6.03 Å². The second-order valence-electron chi connectivity index (χ2n) is 4.68. The summed E-state index contributed by atoms with van der Waals surface area (Å²) in [6, 6.07) is 0.127. The standard InChI is InChI=1S/C11H20N2O/c1-2-12-10(14)13-8-6-11(7-9-13)4-3-5-11/h2-9H2,1H3,(H,12,14). The summed E-state index contributed by atoms with van der Waals surface area (Å²) >= 11 is 0. The molecule has 2 aliphatic rings. The van der Waals surface area contributed by atoms with Crippen LogP contribution in [0.4, 0.5) is 4.79 Å². The minimum atomic E-state index is 0.127. The Balaban J connectivity index is 1.80. The quantitative estimate of drug-likeness (QED) is 0.683. The normalized spacial score (nSPS) is 24.5. The van der Waals surface area contributed by atoms with Gasteiger partial charge in [-0.25, -0.2) is 4.79 Å². The molecule has 0 unspecified atom stereocenters. The highest BCUT2D eigenvalue weighted by Crippen LogP contribution is 2.48. The van der Waals surface area contributed by atoms with Crippen LogP contribution < -0.4 is 5.32 Å². The first-order valence-corrected chi connectivity index (χ1v) is 5.79. The first-order valence-electron chi connectivity index (χ1n) is 5.79. The fourth-order valence-corrected chi connectivity index (χ4v) is 2.62. The van der Waals surface area contributed by atoms with E-state index in [1.807, 2.05) is 11.8 Å². The molecule has 0 aromatic carbocycles. The molecule has 14 heavy (non-hydrogen) atoms. The van der Waals surface area contributed by atoms with Gasteiger partial charge in [-0.3, -0.25) is 0 Å². The summed E-state index contributed by atoms with van der Waals surface area (Å²) < 4.78 is 0. The van der Waals surface area contributed by atoms with Crippen LogP contribution in [0.3, 0.4) is 0 Å². The lowest BCUT2D eigenvalue weighted by Crippen LogP contribution is -2.49. The largest absolute Gasteiger partial charge is 0.338 e. The van der Waals surface area contributed by atoms with Gasteiger partial charge in [-0.2, -0.15) is 0 Å². The summed E-state index contributed by atoms with van der Waals surface area (Å²) in [5, 5.41) is 2.87. The predicted octanol–water partition coefficient (Wildman–Crippen LogP) is 1.98. The van der Waals surface area contributed by atoms with Gasteiger partial charge >= 0.3 is 6.03 Å². The van der Waals surface area contributed by atoms with Gasteiger partial charge < -0.3 is 10.2 Å². The molecule has 1 aliphatic carbocycles. The lowest BCUT2D eigenvalue weighted by molar-refractivity contribution is 0.0464. The molecule has 80 valence electrons. The number of likely N-dealkylation sites (tertiary alicyclic amines) is 1. The van der Waals surface area contributed by atoms with Crippen molar-refractivity contribution in [3.05, 3.63) is 0 Å². The monoisotopic (exact) mass is 196 g/mol. The Morgan fingerprint density at radius 2 is 1.93 bits per heavy atom. The second kappa shape index (κ2) is 3.79. The maximum absolute atomic E-state index is 11.5. The molecule has 1 aliphatic heterocycles. The van der Waals surface area contributed by atoms with Crippen LogP contribution in [0, 0.1) is 5.41 Å². The van der Waals surface area contributed by atoms with Crippen molar-refractivity contribution < 1.29 is 4.79 Å². The SMILES string of the molecule is CCNC(=O)N1CCC2(CCC2)CC1. The van der Waals surface area contributed by atoms with E-state index in [1.54, 1.807) is 0 Å². The number of rotatable bonds is 1. The number of urea groups is 1. The van der Waals surface area contributed by atoms with Crippen molar-refractivity contribution in [3.63, 3.8) is 0 Å². The summed E-state index contributed by atoms with van der Waals surface area (Å²) in [4.78, 5) is 13.5. The Morgan fingerprint density at radius 1 is 1.29 bits per heavy atom. The Hall–Kier alpha value is -0.730. The van der Waals surface area contributed by atoms with Gasteiger partial charge in [0.05, 0.1) is 0 Å². The fourth-order valence-electron chi connectivity index (χ4n) is 2.62. The second-order valence-corrected chi connectivity index (χ2v) is 4.68. The zero-order chi connectivity index (χ0) is 10.0. The van der Waals surface area contributed by atoms with E-state index in [4.69, 9.17) is 0 Å². The molecule has 0 atom stereocenters. The van der Waals surface area contributed by atoms with E-state index in [1.165, 1.54) is 32.1 Å². The van der Waals surface area contributed by atoms with E-state index in [0.717, 1.165) is 19.6 Å². The average Bonchev–Trinajstić information content (AvgIpc) is 2.16. The van der Waals surface area contributed by atoms with Crippen molar-refractivity contribution >= 4 is 6.03 Å². The first-order chi connectivity index (χ1) is 6.76. The summed E-state index contributed by atoms with van der Waals surface area (Å²) in [5.74, 6) is 0. The lowest BCUT2D eigenvalue weighted by atomic mass is 9.63. The molecule has 0 aromatic rings. The molecule has 3 nitrogen and oxygen atoms in total. The lowest BCUT2D eigenvalue weighted by Gasteiger charge is -2.47. The Morgan fingerprint density at radius 3 is 2.36 bits per heavy atom. The zero-order valence-corrected chi connectivity index (χ0v) is 9.01. The van der Waals surface area contributed by atoms with Crippen molar-refractivity contribution in [1.82, 2.24) is 10.2 Å². The third-order valence-corrected chi connectivity index (χ3v) is 3.85. The van der Waals surface area contributed by atoms with Gasteiger partial charge in [-0.15, -0.1) is 0 Å². The maximum Gasteiger partial charge on any atom is 0.317 e. The maximum atomic E-state index is 11.5. The molecule has 2 fully saturated rings.